The van der Waals surface area contributed by atoms with Gasteiger partial charge in [0.15, 0.2) is 4.34 Å². The van der Waals surface area contributed by atoms with E-state index in [0.717, 1.165) is 11.3 Å². The van der Waals surface area contributed by atoms with Crippen LogP contribution in [-0.4, -0.2) is 27.8 Å². The Balaban J connectivity index is 1.52. The number of aromatic nitrogens is 2. The second-order valence-corrected chi connectivity index (χ2v) is 8.56. The quantitative estimate of drug-likeness (QED) is 0.413. The van der Waals surface area contributed by atoms with Gasteiger partial charge in [-0.05, 0) is 47.1 Å². The number of anilines is 2. The summed E-state index contributed by atoms with van der Waals surface area (Å²) in [6, 6.07) is 14.7. The fourth-order valence-corrected chi connectivity index (χ4v) is 4.10. The van der Waals surface area contributed by atoms with Gasteiger partial charge in [-0.3, -0.25) is 14.9 Å². The molecule has 2 aromatic carbocycles. The Hall–Kier alpha value is -2.23. The van der Waals surface area contributed by atoms with E-state index in [1.165, 1.54) is 23.1 Å². The van der Waals surface area contributed by atoms with Gasteiger partial charge in [-0.25, -0.2) is 0 Å². The Morgan fingerprint density at radius 3 is 2.56 bits per heavy atom. The summed E-state index contributed by atoms with van der Waals surface area (Å²) in [6.45, 7) is 1.99. The minimum Gasteiger partial charge on any atom is -0.325 e. The van der Waals surface area contributed by atoms with Crippen LogP contribution in [0, 0.1) is 6.92 Å². The van der Waals surface area contributed by atoms with Crippen LogP contribution in [0.4, 0.5) is 10.8 Å². The molecule has 1 aromatic heterocycles. The van der Waals surface area contributed by atoms with E-state index >= 15 is 0 Å². The van der Waals surface area contributed by atoms with Crippen LogP contribution in [0.2, 0.25) is 0 Å². The number of rotatable bonds is 6. The molecule has 1 heterocycles. The lowest BCUT2D eigenvalue weighted by Crippen LogP contribution is -2.13. The molecular formula is C18H15BrN4O2S2. The molecule has 0 bridgehead atoms. The van der Waals surface area contributed by atoms with Gasteiger partial charge < -0.3 is 5.32 Å². The molecule has 6 nitrogen and oxygen atoms in total. The van der Waals surface area contributed by atoms with Crippen LogP contribution in [0.3, 0.4) is 0 Å². The van der Waals surface area contributed by atoms with Crippen molar-refractivity contribution < 1.29 is 9.59 Å². The summed E-state index contributed by atoms with van der Waals surface area (Å²) >= 11 is 5.84. The van der Waals surface area contributed by atoms with Gasteiger partial charge >= 0.3 is 0 Å². The molecule has 0 aliphatic heterocycles. The van der Waals surface area contributed by atoms with Crippen molar-refractivity contribution in [3.8, 4) is 0 Å². The molecule has 0 spiro atoms. The summed E-state index contributed by atoms with van der Waals surface area (Å²) in [5, 5.41) is 13.9. The van der Waals surface area contributed by atoms with E-state index in [0.29, 0.717) is 19.5 Å². The lowest BCUT2D eigenvalue weighted by atomic mass is 10.2. The van der Waals surface area contributed by atoms with Crippen molar-refractivity contribution in [2.45, 2.75) is 11.3 Å². The highest BCUT2D eigenvalue weighted by molar-refractivity contribution is 9.10. The number of carbonyl (C=O) groups excluding carboxylic acids is 2. The summed E-state index contributed by atoms with van der Waals surface area (Å²) in [4.78, 5) is 24.3. The Bertz CT molecular complexity index is 960. The molecule has 0 saturated heterocycles. The number of hydrogen-bond donors (Lipinski definition) is 2. The zero-order valence-electron chi connectivity index (χ0n) is 14.2. The summed E-state index contributed by atoms with van der Waals surface area (Å²) < 4.78 is 1.31. The van der Waals surface area contributed by atoms with Crippen molar-refractivity contribution in [1.29, 1.82) is 0 Å². The van der Waals surface area contributed by atoms with Crippen LogP contribution < -0.4 is 10.6 Å². The van der Waals surface area contributed by atoms with E-state index in [9.17, 15) is 9.59 Å². The highest BCUT2D eigenvalue weighted by atomic mass is 79.9. The van der Waals surface area contributed by atoms with E-state index in [2.05, 4.69) is 36.8 Å². The van der Waals surface area contributed by atoms with Gasteiger partial charge in [-0.15, -0.1) is 10.2 Å². The van der Waals surface area contributed by atoms with Gasteiger partial charge in [0.2, 0.25) is 11.0 Å². The van der Waals surface area contributed by atoms with Crippen LogP contribution >= 0.6 is 39.0 Å². The predicted molar refractivity (Wildman–Crippen MR) is 113 cm³/mol. The lowest BCUT2D eigenvalue weighted by Gasteiger charge is -2.04. The summed E-state index contributed by atoms with van der Waals surface area (Å²) in [5.41, 5.74) is 2.40. The number of amides is 2. The molecular weight excluding hydrogens is 448 g/mol. The predicted octanol–water partition coefficient (Wildman–Crippen LogP) is 4.59. The van der Waals surface area contributed by atoms with Crippen molar-refractivity contribution in [2.75, 3.05) is 16.4 Å². The van der Waals surface area contributed by atoms with Crippen LogP contribution in [-0.2, 0) is 4.79 Å². The van der Waals surface area contributed by atoms with Crippen molar-refractivity contribution in [1.82, 2.24) is 10.2 Å². The summed E-state index contributed by atoms with van der Waals surface area (Å²) in [7, 11) is 0. The van der Waals surface area contributed by atoms with Crippen LogP contribution in [0.25, 0.3) is 0 Å². The highest BCUT2D eigenvalue weighted by Crippen LogP contribution is 2.26. The Labute approximate surface area is 172 Å². The fourth-order valence-electron chi connectivity index (χ4n) is 2.09. The second kappa shape index (κ2) is 9.12. The molecule has 0 aliphatic carbocycles. The first kappa shape index (κ1) is 19.5. The van der Waals surface area contributed by atoms with E-state index in [4.69, 9.17) is 0 Å². The molecule has 3 aromatic rings. The highest BCUT2D eigenvalue weighted by Gasteiger charge is 2.13. The third-order valence-corrected chi connectivity index (χ3v) is 6.07. The average molecular weight is 463 g/mol. The van der Waals surface area contributed by atoms with Gasteiger partial charge in [0, 0.05) is 10.2 Å². The number of halogens is 1. The maximum atomic E-state index is 12.3. The molecule has 3 rings (SSSR count). The van der Waals surface area contributed by atoms with Crippen LogP contribution in [0.15, 0.2) is 57.3 Å². The molecule has 2 amide bonds. The molecule has 0 unspecified atom stereocenters. The largest absolute Gasteiger partial charge is 0.325 e. The maximum absolute atomic E-state index is 12.3. The molecule has 2 N–H and O–H groups in total. The monoisotopic (exact) mass is 462 g/mol. The molecule has 0 saturated carbocycles. The lowest BCUT2D eigenvalue weighted by molar-refractivity contribution is -0.113. The van der Waals surface area contributed by atoms with Crippen molar-refractivity contribution in [3.05, 3.63) is 64.1 Å². The molecule has 9 heteroatoms. The Morgan fingerprint density at radius 1 is 1.07 bits per heavy atom. The summed E-state index contributed by atoms with van der Waals surface area (Å²) in [6.07, 6.45) is 0. The number of benzene rings is 2. The Kier molecular flexibility index (Phi) is 6.59. The number of nitrogens with one attached hydrogen (secondary N) is 2. The first-order valence-corrected chi connectivity index (χ1v) is 10.5. The van der Waals surface area contributed by atoms with E-state index in [-0.39, 0.29) is 17.6 Å². The number of hydrogen-bond acceptors (Lipinski definition) is 6. The van der Waals surface area contributed by atoms with E-state index in [1.54, 1.807) is 18.2 Å². The number of carbonyl (C=O) groups is 2. The molecule has 0 aliphatic rings. The molecule has 0 fully saturated rings. The van der Waals surface area contributed by atoms with Gasteiger partial charge in [0.1, 0.15) is 0 Å². The van der Waals surface area contributed by atoms with Crippen molar-refractivity contribution >= 4 is 61.7 Å². The third-order valence-electron chi connectivity index (χ3n) is 3.41. The van der Waals surface area contributed by atoms with Crippen LogP contribution in [0.1, 0.15) is 15.9 Å². The molecule has 138 valence electrons. The normalized spacial score (nSPS) is 10.4. The minimum absolute atomic E-state index is 0.127. The topological polar surface area (TPSA) is 84.0 Å². The van der Waals surface area contributed by atoms with E-state index in [1.807, 2.05) is 37.3 Å². The first-order valence-electron chi connectivity index (χ1n) is 7.90. The smallest absolute Gasteiger partial charge is 0.258 e. The number of aryl methyl sites for hydroxylation is 1. The van der Waals surface area contributed by atoms with Gasteiger partial charge in [0.25, 0.3) is 5.91 Å². The van der Waals surface area contributed by atoms with Gasteiger partial charge in [-0.1, -0.05) is 52.9 Å². The second-order valence-electron chi connectivity index (χ2n) is 5.51. The van der Waals surface area contributed by atoms with Gasteiger partial charge in [0.05, 0.1) is 11.3 Å². The Morgan fingerprint density at radius 2 is 1.81 bits per heavy atom. The van der Waals surface area contributed by atoms with Crippen molar-refractivity contribution in [3.63, 3.8) is 0 Å². The number of thioether (sulfide) groups is 1. The maximum Gasteiger partial charge on any atom is 0.258 e. The molecule has 0 radical (unpaired) electrons. The first-order chi connectivity index (χ1) is 13.0. The molecule has 0 atom stereocenters. The van der Waals surface area contributed by atoms with Gasteiger partial charge in [-0.2, -0.15) is 0 Å². The fraction of sp³-hybridized carbons (Fsp3) is 0.111. The molecule has 27 heavy (non-hydrogen) atoms. The zero-order valence-corrected chi connectivity index (χ0v) is 17.5. The SMILES string of the molecule is Cc1ccc(NC(=O)CSc2nnc(NC(=O)c3ccccc3Br)s2)cc1. The zero-order chi connectivity index (χ0) is 19.2. The average Bonchev–Trinajstić information content (AvgIpc) is 3.09. The standard InChI is InChI=1S/C18H15BrN4O2S2/c1-11-6-8-12(9-7-11)20-15(24)10-26-18-23-22-17(27-18)21-16(25)13-4-2-3-5-14(13)19/h2-9H,10H2,1H3,(H,20,24)(H,21,22,25). The minimum atomic E-state index is -0.271. The number of nitrogens with zero attached hydrogens (tertiary/aromatic N) is 2. The van der Waals surface area contributed by atoms with Crippen molar-refractivity contribution in [2.24, 2.45) is 0 Å². The third kappa shape index (κ3) is 5.62. The van der Waals surface area contributed by atoms with Crippen LogP contribution in [0.5, 0.6) is 0 Å². The van der Waals surface area contributed by atoms with E-state index < -0.39 is 0 Å². The summed E-state index contributed by atoms with van der Waals surface area (Å²) in [5.74, 6) is -0.189.